The molecule has 1 saturated heterocycles. The van der Waals surface area contributed by atoms with Gasteiger partial charge in [-0.05, 0) is 33.0 Å². The fourth-order valence-electron chi connectivity index (χ4n) is 1.88. The third-order valence-corrected chi connectivity index (χ3v) is 2.77. The van der Waals surface area contributed by atoms with Gasteiger partial charge >= 0.3 is 0 Å². The van der Waals surface area contributed by atoms with Crippen molar-refractivity contribution in [2.24, 2.45) is 0 Å². The number of nitrogens with one attached hydrogen (secondary N) is 1. The SMILES string of the molecule is CN1CCC(c2cnc(N)[nH]2)CC1. The quantitative estimate of drug-likeness (QED) is 0.672. The summed E-state index contributed by atoms with van der Waals surface area (Å²) in [4.78, 5) is 9.49. The van der Waals surface area contributed by atoms with Crippen LogP contribution in [0.5, 0.6) is 0 Å². The van der Waals surface area contributed by atoms with Crippen LogP contribution in [0.3, 0.4) is 0 Å². The van der Waals surface area contributed by atoms with Crippen LogP contribution in [-0.2, 0) is 0 Å². The second kappa shape index (κ2) is 3.38. The summed E-state index contributed by atoms with van der Waals surface area (Å²) < 4.78 is 0. The normalized spacial score (nSPS) is 20.7. The van der Waals surface area contributed by atoms with Crippen molar-refractivity contribution in [1.29, 1.82) is 0 Å². The Morgan fingerprint density at radius 1 is 1.54 bits per heavy atom. The Morgan fingerprint density at radius 3 is 2.77 bits per heavy atom. The third kappa shape index (κ3) is 1.83. The van der Waals surface area contributed by atoms with Crippen molar-refractivity contribution in [2.75, 3.05) is 25.9 Å². The molecule has 1 aliphatic heterocycles. The fraction of sp³-hybridized carbons (Fsp3) is 0.667. The molecule has 72 valence electrons. The van der Waals surface area contributed by atoms with Crippen molar-refractivity contribution in [3.8, 4) is 0 Å². The number of anilines is 1. The van der Waals surface area contributed by atoms with Crippen molar-refractivity contribution in [3.05, 3.63) is 11.9 Å². The highest BCUT2D eigenvalue weighted by atomic mass is 15.1. The van der Waals surface area contributed by atoms with E-state index in [0.717, 1.165) is 0 Å². The first-order valence-electron chi connectivity index (χ1n) is 4.74. The van der Waals surface area contributed by atoms with E-state index < -0.39 is 0 Å². The van der Waals surface area contributed by atoms with Crippen LogP contribution < -0.4 is 5.73 Å². The molecular weight excluding hydrogens is 164 g/mol. The molecule has 2 heterocycles. The first-order valence-corrected chi connectivity index (χ1v) is 4.74. The molecule has 3 N–H and O–H groups in total. The molecule has 2 rings (SSSR count). The van der Waals surface area contributed by atoms with Crippen LogP contribution >= 0.6 is 0 Å². The number of aromatic amines is 1. The summed E-state index contributed by atoms with van der Waals surface area (Å²) in [6.45, 7) is 2.34. The van der Waals surface area contributed by atoms with Crippen LogP contribution in [-0.4, -0.2) is 35.0 Å². The summed E-state index contributed by atoms with van der Waals surface area (Å²) in [6.07, 6.45) is 4.28. The Labute approximate surface area is 78.1 Å². The van der Waals surface area contributed by atoms with Crippen molar-refractivity contribution in [3.63, 3.8) is 0 Å². The first-order chi connectivity index (χ1) is 6.25. The van der Waals surface area contributed by atoms with Crippen LogP contribution in [0.25, 0.3) is 0 Å². The third-order valence-electron chi connectivity index (χ3n) is 2.77. The molecular formula is C9H16N4. The van der Waals surface area contributed by atoms with E-state index >= 15 is 0 Å². The van der Waals surface area contributed by atoms with Gasteiger partial charge in [-0.2, -0.15) is 0 Å². The lowest BCUT2D eigenvalue weighted by molar-refractivity contribution is 0.253. The van der Waals surface area contributed by atoms with E-state index in [1.807, 2.05) is 6.20 Å². The summed E-state index contributed by atoms with van der Waals surface area (Å²) in [5.74, 6) is 1.16. The summed E-state index contributed by atoms with van der Waals surface area (Å²) in [6, 6.07) is 0. The zero-order chi connectivity index (χ0) is 9.26. The van der Waals surface area contributed by atoms with Gasteiger partial charge in [0, 0.05) is 11.6 Å². The molecule has 1 aromatic heterocycles. The maximum Gasteiger partial charge on any atom is 0.197 e. The summed E-state index contributed by atoms with van der Waals surface area (Å²) in [5.41, 5.74) is 6.74. The molecule has 4 heteroatoms. The molecule has 13 heavy (non-hydrogen) atoms. The average molecular weight is 180 g/mol. The van der Waals surface area contributed by atoms with Crippen LogP contribution in [0.2, 0.25) is 0 Å². The van der Waals surface area contributed by atoms with Crippen LogP contribution in [0.4, 0.5) is 5.95 Å². The average Bonchev–Trinajstić information content (AvgIpc) is 2.53. The number of nitrogens with zero attached hydrogens (tertiary/aromatic N) is 2. The Morgan fingerprint density at radius 2 is 2.23 bits per heavy atom. The highest BCUT2D eigenvalue weighted by molar-refractivity contribution is 5.21. The molecule has 1 aliphatic rings. The lowest BCUT2D eigenvalue weighted by atomic mass is 9.94. The molecule has 0 aliphatic carbocycles. The van der Waals surface area contributed by atoms with Crippen LogP contribution in [0, 0.1) is 0 Å². The predicted octanol–water partition coefficient (Wildman–Crippen LogP) is 0.801. The lowest BCUT2D eigenvalue weighted by Gasteiger charge is -2.27. The predicted molar refractivity (Wildman–Crippen MR) is 52.5 cm³/mol. The second-order valence-electron chi connectivity index (χ2n) is 3.80. The lowest BCUT2D eigenvalue weighted by Crippen LogP contribution is -2.29. The first kappa shape index (κ1) is 8.56. The van der Waals surface area contributed by atoms with Crippen molar-refractivity contribution in [1.82, 2.24) is 14.9 Å². The number of nitrogens with two attached hydrogens (primary N) is 1. The van der Waals surface area contributed by atoms with E-state index in [4.69, 9.17) is 5.73 Å². The van der Waals surface area contributed by atoms with Gasteiger partial charge in [-0.1, -0.05) is 0 Å². The molecule has 0 amide bonds. The zero-order valence-electron chi connectivity index (χ0n) is 7.95. The molecule has 1 aromatic rings. The van der Waals surface area contributed by atoms with Gasteiger partial charge in [-0.25, -0.2) is 4.98 Å². The van der Waals surface area contributed by atoms with Crippen molar-refractivity contribution < 1.29 is 0 Å². The number of imidazole rings is 1. The Hall–Kier alpha value is -1.03. The highest BCUT2D eigenvalue weighted by Gasteiger charge is 2.19. The molecule has 4 nitrogen and oxygen atoms in total. The van der Waals surface area contributed by atoms with E-state index in [1.54, 1.807) is 0 Å². The Kier molecular flexibility index (Phi) is 2.22. The number of hydrogen-bond acceptors (Lipinski definition) is 3. The van der Waals surface area contributed by atoms with Gasteiger partial charge in [-0.3, -0.25) is 0 Å². The number of H-pyrrole nitrogens is 1. The molecule has 0 aromatic carbocycles. The van der Waals surface area contributed by atoms with E-state index in [0.29, 0.717) is 11.9 Å². The maximum absolute atomic E-state index is 5.54. The number of hydrogen-bond donors (Lipinski definition) is 2. The van der Waals surface area contributed by atoms with Gasteiger partial charge in [0.15, 0.2) is 5.95 Å². The Bertz CT molecular complexity index is 273. The van der Waals surface area contributed by atoms with E-state index in [9.17, 15) is 0 Å². The standard InChI is InChI=1S/C9H16N4/c1-13-4-2-7(3-5-13)8-6-11-9(10)12-8/h6-7H,2-5H2,1H3,(H3,10,11,12). The van der Waals surface area contributed by atoms with Gasteiger partial charge in [0.2, 0.25) is 0 Å². The number of likely N-dealkylation sites (tertiary alicyclic amines) is 1. The molecule has 0 bridgehead atoms. The number of rotatable bonds is 1. The summed E-state index contributed by atoms with van der Waals surface area (Å²) >= 11 is 0. The monoisotopic (exact) mass is 180 g/mol. The second-order valence-corrected chi connectivity index (χ2v) is 3.80. The molecule has 0 spiro atoms. The maximum atomic E-state index is 5.54. The molecule has 0 radical (unpaired) electrons. The molecule has 0 unspecified atom stereocenters. The minimum atomic E-state index is 0.536. The van der Waals surface area contributed by atoms with Gasteiger partial charge in [0.05, 0.1) is 6.20 Å². The molecule has 0 atom stereocenters. The van der Waals surface area contributed by atoms with E-state index in [2.05, 4.69) is 21.9 Å². The number of piperidine rings is 1. The van der Waals surface area contributed by atoms with Crippen LogP contribution in [0.15, 0.2) is 6.20 Å². The topological polar surface area (TPSA) is 57.9 Å². The van der Waals surface area contributed by atoms with Crippen molar-refractivity contribution >= 4 is 5.95 Å². The van der Waals surface area contributed by atoms with E-state index in [-0.39, 0.29) is 0 Å². The minimum absolute atomic E-state index is 0.536. The van der Waals surface area contributed by atoms with Gasteiger partial charge in [0.25, 0.3) is 0 Å². The molecule has 0 saturated carbocycles. The molecule has 1 fully saturated rings. The van der Waals surface area contributed by atoms with Crippen LogP contribution in [0.1, 0.15) is 24.5 Å². The largest absolute Gasteiger partial charge is 0.369 e. The van der Waals surface area contributed by atoms with Crippen molar-refractivity contribution in [2.45, 2.75) is 18.8 Å². The zero-order valence-corrected chi connectivity index (χ0v) is 7.95. The summed E-state index contributed by atoms with van der Waals surface area (Å²) in [5, 5.41) is 0. The Balaban J connectivity index is 2.02. The van der Waals surface area contributed by atoms with Gasteiger partial charge < -0.3 is 15.6 Å². The minimum Gasteiger partial charge on any atom is -0.369 e. The highest BCUT2D eigenvalue weighted by Crippen LogP contribution is 2.25. The van der Waals surface area contributed by atoms with Gasteiger partial charge in [-0.15, -0.1) is 0 Å². The summed E-state index contributed by atoms with van der Waals surface area (Å²) in [7, 11) is 2.16. The van der Waals surface area contributed by atoms with E-state index in [1.165, 1.54) is 31.6 Å². The van der Waals surface area contributed by atoms with Gasteiger partial charge in [0.1, 0.15) is 0 Å². The fourth-order valence-corrected chi connectivity index (χ4v) is 1.88. The smallest absolute Gasteiger partial charge is 0.197 e. The number of nitrogen functional groups attached to an aromatic ring is 1. The number of aromatic nitrogens is 2.